The van der Waals surface area contributed by atoms with E-state index in [9.17, 15) is 4.79 Å². The fourth-order valence-electron chi connectivity index (χ4n) is 5.89. The summed E-state index contributed by atoms with van der Waals surface area (Å²) in [5.74, 6) is 2.60. The smallest absolute Gasteiger partial charge is 0.231 e. The minimum absolute atomic E-state index is 0.119. The molecule has 4 aliphatic rings. The Morgan fingerprint density at radius 3 is 2.31 bits per heavy atom. The van der Waals surface area contributed by atoms with Crippen molar-refractivity contribution in [1.29, 1.82) is 0 Å². The maximum absolute atomic E-state index is 13.4. The summed E-state index contributed by atoms with van der Waals surface area (Å²) in [6.45, 7) is 0. The molecule has 4 bridgehead atoms. The Morgan fingerprint density at radius 2 is 1.73 bits per heavy atom. The lowest BCUT2D eigenvalue weighted by molar-refractivity contribution is -0.140. The molecule has 2 aromatic rings. The predicted molar refractivity (Wildman–Crippen MR) is 109 cm³/mol. The van der Waals surface area contributed by atoms with E-state index in [1.54, 1.807) is 23.1 Å². The van der Waals surface area contributed by atoms with Gasteiger partial charge in [-0.1, -0.05) is 53.4 Å². The van der Waals surface area contributed by atoms with Gasteiger partial charge in [-0.15, -0.1) is 0 Å². The van der Waals surface area contributed by atoms with Crippen LogP contribution in [-0.2, 0) is 4.79 Å². The van der Waals surface area contributed by atoms with Crippen LogP contribution < -0.4 is 5.32 Å². The van der Waals surface area contributed by atoms with Crippen LogP contribution in [0.4, 0.5) is 5.00 Å². The summed E-state index contributed by atoms with van der Waals surface area (Å²) in [7, 11) is 0. The Kier molecular flexibility index (Phi) is 4.13. The van der Waals surface area contributed by atoms with Gasteiger partial charge in [-0.3, -0.25) is 4.79 Å². The van der Waals surface area contributed by atoms with Crippen LogP contribution in [0, 0.1) is 23.2 Å². The molecular weight excluding hydrogens is 360 g/mol. The van der Waals surface area contributed by atoms with E-state index in [-0.39, 0.29) is 11.3 Å². The zero-order chi connectivity index (χ0) is 17.7. The quantitative estimate of drug-likeness (QED) is 0.689. The van der Waals surface area contributed by atoms with Crippen molar-refractivity contribution in [2.24, 2.45) is 23.2 Å². The van der Waals surface area contributed by atoms with Gasteiger partial charge in [0.05, 0.1) is 5.41 Å². The van der Waals surface area contributed by atoms with Crippen LogP contribution in [0.15, 0.2) is 34.7 Å². The van der Waals surface area contributed by atoms with Crippen LogP contribution in [0.3, 0.4) is 0 Å². The molecule has 1 N–H and O–H groups in total. The molecule has 0 saturated heterocycles. The SMILES string of the molecule is CSc1nc(-c2ccccc2)c(NC(=O)C23CC4CC(CC(C4)C2)C3)s1. The molecule has 4 aliphatic carbocycles. The van der Waals surface area contributed by atoms with Crippen molar-refractivity contribution in [3.63, 3.8) is 0 Å². The number of carbonyl (C=O) groups excluding carboxylic acids is 1. The number of carbonyl (C=O) groups is 1. The van der Waals surface area contributed by atoms with E-state index < -0.39 is 0 Å². The highest BCUT2D eigenvalue weighted by molar-refractivity contribution is 8.00. The van der Waals surface area contributed by atoms with Crippen molar-refractivity contribution < 1.29 is 4.79 Å². The van der Waals surface area contributed by atoms with Crippen LogP contribution in [0.1, 0.15) is 38.5 Å². The van der Waals surface area contributed by atoms with Gasteiger partial charge in [0.1, 0.15) is 10.7 Å². The molecule has 4 fully saturated rings. The number of nitrogens with one attached hydrogen (secondary N) is 1. The van der Waals surface area contributed by atoms with Gasteiger partial charge in [0, 0.05) is 5.56 Å². The summed E-state index contributed by atoms with van der Waals surface area (Å²) < 4.78 is 1.00. The van der Waals surface area contributed by atoms with Crippen molar-refractivity contribution in [3.8, 4) is 11.3 Å². The Hall–Kier alpha value is -1.33. The standard InChI is InChI=1S/C21H24N2OS2/c1-25-20-22-17(16-5-3-2-4-6-16)18(26-20)23-19(24)21-10-13-7-14(11-21)9-15(8-13)12-21/h2-6,13-15H,7-12H2,1H3,(H,23,24). The number of benzene rings is 1. The van der Waals surface area contributed by atoms with E-state index in [1.165, 1.54) is 19.3 Å². The third-order valence-electron chi connectivity index (χ3n) is 6.58. The molecule has 1 amide bonds. The maximum atomic E-state index is 13.4. The number of rotatable bonds is 4. The number of nitrogens with zero attached hydrogens (tertiary/aromatic N) is 1. The zero-order valence-electron chi connectivity index (χ0n) is 15.0. The second kappa shape index (κ2) is 6.38. The fraction of sp³-hybridized carbons (Fsp3) is 0.524. The minimum Gasteiger partial charge on any atom is -0.315 e. The molecule has 1 heterocycles. The molecule has 1 aromatic heterocycles. The van der Waals surface area contributed by atoms with Crippen molar-refractivity contribution in [3.05, 3.63) is 30.3 Å². The van der Waals surface area contributed by atoms with Gasteiger partial charge in [0.15, 0.2) is 4.34 Å². The highest BCUT2D eigenvalue weighted by Gasteiger charge is 2.54. The Bertz CT molecular complexity index is 795. The lowest BCUT2D eigenvalue weighted by atomic mass is 9.49. The molecule has 3 nitrogen and oxygen atoms in total. The molecule has 136 valence electrons. The van der Waals surface area contributed by atoms with E-state index in [2.05, 4.69) is 17.4 Å². The Balaban J connectivity index is 1.45. The summed E-state index contributed by atoms with van der Waals surface area (Å²) >= 11 is 3.25. The van der Waals surface area contributed by atoms with Crippen LogP contribution >= 0.6 is 23.1 Å². The van der Waals surface area contributed by atoms with Crippen LogP contribution in [0.2, 0.25) is 0 Å². The first-order valence-corrected chi connectivity index (χ1v) is 11.6. The van der Waals surface area contributed by atoms with Gasteiger partial charge in [0.2, 0.25) is 5.91 Å². The number of thioether (sulfide) groups is 1. The number of amides is 1. The van der Waals surface area contributed by atoms with E-state index in [0.717, 1.165) is 57.6 Å². The van der Waals surface area contributed by atoms with E-state index in [1.807, 2.05) is 24.5 Å². The van der Waals surface area contributed by atoms with Gasteiger partial charge in [-0.2, -0.15) is 0 Å². The van der Waals surface area contributed by atoms with E-state index in [0.29, 0.717) is 0 Å². The first kappa shape index (κ1) is 16.8. The van der Waals surface area contributed by atoms with Crippen LogP contribution in [-0.4, -0.2) is 17.1 Å². The highest BCUT2D eigenvalue weighted by atomic mass is 32.2. The summed E-state index contributed by atoms with van der Waals surface area (Å²) in [5, 5.41) is 4.24. The van der Waals surface area contributed by atoms with Gasteiger partial charge in [0.25, 0.3) is 0 Å². The summed E-state index contributed by atoms with van der Waals surface area (Å²) in [6.07, 6.45) is 9.41. The summed E-state index contributed by atoms with van der Waals surface area (Å²) in [6, 6.07) is 10.2. The first-order chi connectivity index (χ1) is 12.6. The molecule has 0 spiro atoms. The molecule has 0 radical (unpaired) electrons. The molecular formula is C21H24N2OS2. The van der Waals surface area contributed by atoms with Crippen molar-refractivity contribution in [2.45, 2.75) is 42.9 Å². The van der Waals surface area contributed by atoms with Crippen LogP contribution in [0.5, 0.6) is 0 Å². The molecule has 0 aliphatic heterocycles. The van der Waals surface area contributed by atoms with Crippen molar-refractivity contribution in [2.75, 3.05) is 11.6 Å². The van der Waals surface area contributed by atoms with E-state index >= 15 is 0 Å². The average molecular weight is 385 g/mol. The third-order valence-corrected chi connectivity index (χ3v) is 8.53. The van der Waals surface area contributed by atoms with Crippen LogP contribution in [0.25, 0.3) is 11.3 Å². The third kappa shape index (κ3) is 2.80. The number of anilines is 1. The fourth-order valence-corrected chi connectivity index (χ4v) is 7.37. The summed E-state index contributed by atoms with van der Waals surface area (Å²) in [4.78, 5) is 18.2. The topological polar surface area (TPSA) is 42.0 Å². The van der Waals surface area contributed by atoms with Gasteiger partial charge in [-0.05, 0) is 62.5 Å². The zero-order valence-corrected chi connectivity index (χ0v) is 16.7. The Labute approximate surface area is 163 Å². The lowest BCUT2D eigenvalue weighted by Crippen LogP contribution is -2.51. The average Bonchev–Trinajstić information content (AvgIpc) is 3.04. The Morgan fingerprint density at radius 1 is 1.12 bits per heavy atom. The minimum atomic E-state index is -0.119. The largest absolute Gasteiger partial charge is 0.315 e. The summed E-state index contributed by atoms with van der Waals surface area (Å²) in [5.41, 5.74) is 1.87. The molecule has 0 atom stereocenters. The maximum Gasteiger partial charge on any atom is 0.231 e. The lowest BCUT2D eigenvalue weighted by Gasteiger charge is -2.55. The monoisotopic (exact) mass is 384 g/mol. The number of thiazole rings is 1. The van der Waals surface area contributed by atoms with Crippen molar-refractivity contribution >= 4 is 34.0 Å². The normalized spacial score (nSPS) is 32.0. The highest BCUT2D eigenvalue weighted by Crippen LogP contribution is 2.60. The first-order valence-electron chi connectivity index (χ1n) is 9.57. The van der Waals surface area contributed by atoms with Gasteiger partial charge >= 0.3 is 0 Å². The number of hydrogen-bond acceptors (Lipinski definition) is 4. The molecule has 6 rings (SSSR count). The number of hydrogen-bond donors (Lipinski definition) is 1. The number of aromatic nitrogens is 1. The van der Waals surface area contributed by atoms with Gasteiger partial charge in [-0.25, -0.2) is 4.98 Å². The van der Waals surface area contributed by atoms with E-state index in [4.69, 9.17) is 4.98 Å². The molecule has 1 aromatic carbocycles. The molecule has 4 saturated carbocycles. The predicted octanol–water partition coefficient (Wildman–Crippen LogP) is 5.69. The molecule has 5 heteroatoms. The molecule has 26 heavy (non-hydrogen) atoms. The molecule has 0 unspecified atom stereocenters. The second-order valence-corrected chi connectivity index (χ2v) is 10.4. The van der Waals surface area contributed by atoms with Crippen molar-refractivity contribution in [1.82, 2.24) is 4.98 Å². The second-order valence-electron chi connectivity index (χ2n) is 8.38. The van der Waals surface area contributed by atoms with Gasteiger partial charge < -0.3 is 5.32 Å².